The predicted molar refractivity (Wildman–Crippen MR) is 80.6 cm³/mol. The molecule has 1 fully saturated rings. The fraction of sp³-hybridized carbons (Fsp3) is 0.294. The van der Waals surface area contributed by atoms with Crippen LogP contribution in [0.4, 0.5) is 5.69 Å². The molecule has 0 aliphatic heterocycles. The Bertz CT molecular complexity index is 633. The fourth-order valence-corrected chi connectivity index (χ4v) is 3.20. The van der Waals surface area contributed by atoms with Crippen molar-refractivity contribution in [1.82, 2.24) is 0 Å². The van der Waals surface area contributed by atoms with Crippen molar-refractivity contribution in [2.45, 2.75) is 12.8 Å². The van der Waals surface area contributed by atoms with Crippen LogP contribution in [-0.2, 0) is 9.59 Å². The number of allylic oxidation sites excluding steroid dienone is 2. The van der Waals surface area contributed by atoms with Gasteiger partial charge in [0.15, 0.2) is 0 Å². The molecule has 4 nitrogen and oxygen atoms in total. The van der Waals surface area contributed by atoms with Gasteiger partial charge in [-0.05, 0) is 48.4 Å². The van der Waals surface area contributed by atoms with Gasteiger partial charge in [0, 0.05) is 17.7 Å². The molecule has 0 aromatic heterocycles. The molecule has 4 heteroatoms. The van der Waals surface area contributed by atoms with Crippen molar-refractivity contribution in [1.29, 1.82) is 0 Å². The number of anilines is 1. The van der Waals surface area contributed by atoms with Crippen LogP contribution >= 0.6 is 0 Å². The zero-order valence-corrected chi connectivity index (χ0v) is 11.5. The molecule has 0 heterocycles. The van der Waals surface area contributed by atoms with Gasteiger partial charge in [-0.2, -0.15) is 0 Å². The topological polar surface area (TPSA) is 66.4 Å². The van der Waals surface area contributed by atoms with Gasteiger partial charge in [0.25, 0.3) is 0 Å². The van der Waals surface area contributed by atoms with Gasteiger partial charge in [-0.15, -0.1) is 0 Å². The maximum Gasteiger partial charge on any atom is 0.328 e. The second kappa shape index (κ2) is 5.56. The lowest BCUT2D eigenvalue weighted by molar-refractivity contribution is -0.131. The number of carbonyl (C=O) groups is 2. The Kier molecular flexibility index (Phi) is 3.60. The Balaban J connectivity index is 1.67. The lowest BCUT2D eigenvalue weighted by atomic mass is 9.93. The first kappa shape index (κ1) is 13.6. The molecule has 0 saturated heterocycles. The van der Waals surface area contributed by atoms with Gasteiger partial charge in [-0.1, -0.05) is 24.3 Å². The monoisotopic (exact) mass is 283 g/mol. The largest absolute Gasteiger partial charge is 0.478 e. The van der Waals surface area contributed by atoms with Gasteiger partial charge in [0.05, 0.1) is 0 Å². The summed E-state index contributed by atoms with van der Waals surface area (Å²) in [6.07, 6.45) is 9.00. The van der Waals surface area contributed by atoms with Gasteiger partial charge in [0.2, 0.25) is 5.91 Å². The third kappa shape index (κ3) is 3.05. The molecule has 1 saturated carbocycles. The number of amides is 1. The summed E-state index contributed by atoms with van der Waals surface area (Å²) in [5.74, 6) is 0.0864. The smallest absolute Gasteiger partial charge is 0.328 e. The zero-order valence-electron chi connectivity index (χ0n) is 11.5. The molecule has 3 atom stereocenters. The van der Waals surface area contributed by atoms with E-state index in [9.17, 15) is 9.59 Å². The van der Waals surface area contributed by atoms with Crippen LogP contribution < -0.4 is 5.32 Å². The second-order valence-corrected chi connectivity index (χ2v) is 5.67. The number of carboxylic acids is 1. The summed E-state index contributed by atoms with van der Waals surface area (Å²) in [7, 11) is 0. The van der Waals surface area contributed by atoms with E-state index in [2.05, 4.69) is 17.5 Å². The number of carboxylic acid groups (broad SMARTS) is 1. The maximum absolute atomic E-state index is 12.3. The van der Waals surface area contributed by atoms with E-state index in [1.165, 1.54) is 6.08 Å². The number of rotatable bonds is 4. The molecule has 2 N–H and O–H groups in total. The molecular formula is C17H17NO3. The highest BCUT2D eigenvalue weighted by Crippen LogP contribution is 2.43. The molecule has 2 aliphatic carbocycles. The molecule has 21 heavy (non-hydrogen) atoms. The van der Waals surface area contributed by atoms with Gasteiger partial charge >= 0.3 is 5.97 Å². The van der Waals surface area contributed by atoms with Gasteiger partial charge in [-0.3, -0.25) is 4.79 Å². The Morgan fingerprint density at radius 2 is 2.10 bits per heavy atom. The molecular weight excluding hydrogens is 266 g/mol. The highest BCUT2D eigenvalue weighted by Gasteiger charge is 2.39. The second-order valence-electron chi connectivity index (χ2n) is 5.67. The summed E-state index contributed by atoms with van der Waals surface area (Å²) in [6.45, 7) is 0. The Hall–Kier alpha value is -2.36. The van der Waals surface area contributed by atoms with Crippen LogP contribution in [0.15, 0.2) is 42.5 Å². The van der Waals surface area contributed by atoms with Crippen molar-refractivity contribution < 1.29 is 14.7 Å². The summed E-state index contributed by atoms with van der Waals surface area (Å²) >= 11 is 0. The van der Waals surface area contributed by atoms with E-state index in [0.717, 1.165) is 24.5 Å². The van der Waals surface area contributed by atoms with Gasteiger partial charge < -0.3 is 10.4 Å². The van der Waals surface area contributed by atoms with E-state index in [4.69, 9.17) is 5.11 Å². The van der Waals surface area contributed by atoms with Crippen LogP contribution in [0, 0.1) is 17.8 Å². The molecule has 1 aromatic carbocycles. The van der Waals surface area contributed by atoms with E-state index in [0.29, 0.717) is 17.5 Å². The van der Waals surface area contributed by atoms with Crippen LogP contribution in [0.25, 0.3) is 6.08 Å². The fourth-order valence-electron chi connectivity index (χ4n) is 3.20. The molecule has 2 bridgehead atoms. The molecule has 0 radical (unpaired) electrons. The first-order chi connectivity index (χ1) is 10.1. The number of hydrogen-bond acceptors (Lipinski definition) is 2. The lowest BCUT2D eigenvalue weighted by Crippen LogP contribution is -2.25. The average molecular weight is 283 g/mol. The molecule has 3 rings (SSSR count). The van der Waals surface area contributed by atoms with Gasteiger partial charge in [0.1, 0.15) is 0 Å². The van der Waals surface area contributed by atoms with Crippen LogP contribution in [0.2, 0.25) is 0 Å². The number of carbonyl (C=O) groups excluding carboxylic acids is 1. The van der Waals surface area contributed by atoms with E-state index in [1.807, 2.05) is 6.07 Å². The normalized spacial score (nSPS) is 26.4. The predicted octanol–water partition coefficient (Wildman–Crippen LogP) is 2.94. The van der Waals surface area contributed by atoms with Gasteiger partial charge in [-0.25, -0.2) is 4.79 Å². The number of aliphatic carboxylic acids is 1. The minimum atomic E-state index is -0.988. The van der Waals surface area contributed by atoms with Crippen molar-refractivity contribution in [3.63, 3.8) is 0 Å². The summed E-state index contributed by atoms with van der Waals surface area (Å²) in [5.41, 5.74) is 1.46. The first-order valence-electron chi connectivity index (χ1n) is 7.12. The van der Waals surface area contributed by atoms with Crippen molar-refractivity contribution >= 4 is 23.6 Å². The number of hydrogen-bond donors (Lipinski definition) is 2. The SMILES string of the molecule is O=C(O)/C=C/c1cccc(NC(=O)C2CC3C=CC2C3)c1. The summed E-state index contributed by atoms with van der Waals surface area (Å²) in [4.78, 5) is 22.8. The summed E-state index contributed by atoms with van der Waals surface area (Å²) < 4.78 is 0. The molecule has 2 aliphatic rings. The standard InChI is InChI=1S/C17H17NO3/c19-16(20)7-5-11-2-1-3-14(9-11)18-17(21)15-10-12-4-6-13(15)8-12/h1-7,9,12-13,15H,8,10H2,(H,18,21)(H,19,20)/b7-5+. The highest BCUT2D eigenvalue weighted by atomic mass is 16.4. The van der Waals surface area contributed by atoms with Crippen LogP contribution in [0.3, 0.4) is 0 Å². The maximum atomic E-state index is 12.3. The summed E-state index contributed by atoms with van der Waals surface area (Å²) in [6, 6.07) is 7.20. The van der Waals surface area contributed by atoms with E-state index in [1.54, 1.807) is 18.2 Å². The molecule has 3 unspecified atom stereocenters. The van der Waals surface area contributed by atoms with Crippen molar-refractivity contribution in [2.24, 2.45) is 17.8 Å². The molecule has 1 aromatic rings. The van der Waals surface area contributed by atoms with Crippen molar-refractivity contribution in [2.75, 3.05) is 5.32 Å². The Morgan fingerprint density at radius 3 is 2.76 bits per heavy atom. The quantitative estimate of drug-likeness (QED) is 0.659. The van der Waals surface area contributed by atoms with E-state index >= 15 is 0 Å². The number of fused-ring (bicyclic) bond motifs is 2. The minimum absolute atomic E-state index is 0.0613. The first-order valence-corrected chi connectivity index (χ1v) is 7.12. The zero-order chi connectivity index (χ0) is 14.8. The van der Waals surface area contributed by atoms with Crippen LogP contribution in [-0.4, -0.2) is 17.0 Å². The third-order valence-electron chi connectivity index (χ3n) is 4.19. The van der Waals surface area contributed by atoms with Crippen LogP contribution in [0.5, 0.6) is 0 Å². The minimum Gasteiger partial charge on any atom is -0.478 e. The number of nitrogens with one attached hydrogen (secondary N) is 1. The average Bonchev–Trinajstić information content (AvgIpc) is 3.08. The third-order valence-corrected chi connectivity index (χ3v) is 4.19. The Morgan fingerprint density at radius 1 is 1.24 bits per heavy atom. The van der Waals surface area contributed by atoms with E-state index < -0.39 is 5.97 Å². The van der Waals surface area contributed by atoms with Crippen molar-refractivity contribution in [3.8, 4) is 0 Å². The highest BCUT2D eigenvalue weighted by molar-refractivity contribution is 5.93. The lowest BCUT2D eigenvalue weighted by Gasteiger charge is -2.17. The molecule has 1 amide bonds. The van der Waals surface area contributed by atoms with E-state index in [-0.39, 0.29) is 11.8 Å². The van der Waals surface area contributed by atoms with Crippen molar-refractivity contribution in [3.05, 3.63) is 48.1 Å². The molecule has 108 valence electrons. The van der Waals surface area contributed by atoms with Crippen LogP contribution in [0.1, 0.15) is 18.4 Å². The molecule has 0 spiro atoms. The summed E-state index contributed by atoms with van der Waals surface area (Å²) in [5, 5.41) is 11.6. The number of benzene rings is 1. The Labute approximate surface area is 123 Å².